The maximum Gasteiger partial charge on any atom is 0.223 e. The van der Waals surface area contributed by atoms with Crippen LogP contribution >= 0.6 is 0 Å². The van der Waals surface area contributed by atoms with E-state index in [1.54, 1.807) is 0 Å². The average molecular weight is 262 g/mol. The highest BCUT2D eigenvalue weighted by Crippen LogP contribution is 2.28. The van der Waals surface area contributed by atoms with Crippen LogP contribution in [0, 0.1) is 5.92 Å². The van der Waals surface area contributed by atoms with E-state index in [9.17, 15) is 18.3 Å². The highest BCUT2D eigenvalue weighted by molar-refractivity contribution is 7.91. The Morgan fingerprint density at radius 2 is 1.94 bits per heavy atom. The van der Waals surface area contributed by atoms with Gasteiger partial charge in [0.05, 0.1) is 17.6 Å². The Hall–Kier alpha value is -0.660. The Bertz CT molecular complexity index is 391. The molecule has 0 aromatic rings. The fourth-order valence-electron chi connectivity index (χ4n) is 1.96. The van der Waals surface area contributed by atoms with Crippen molar-refractivity contribution in [2.45, 2.75) is 25.0 Å². The Balaban J connectivity index is 1.63. The molecule has 0 aromatic carbocycles. The van der Waals surface area contributed by atoms with E-state index in [-0.39, 0.29) is 23.3 Å². The van der Waals surface area contributed by atoms with Crippen molar-refractivity contribution in [2.75, 3.05) is 24.6 Å². The molecule has 3 N–H and O–H groups in total. The van der Waals surface area contributed by atoms with E-state index < -0.39 is 22.0 Å². The molecule has 0 bridgehead atoms. The number of nitrogens with one attached hydrogen (secondary N) is 2. The summed E-state index contributed by atoms with van der Waals surface area (Å²) in [7, 11) is -3.10. The van der Waals surface area contributed by atoms with Crippen LogP contribution in [0.25, 0.3) is 0 Å². The zero-order valence-corrected chi connectivity index (χ0v) is 10.4. The molecule has 1 aliphatic carbocycles. The fourth-order valence-corrected chi connectivity index (χ4v) is 3.73. The summed E-state index contributed by atoms with van der Waals surface area (Å²) in [6, 6.07) is -0.405. The van der Waals surface area contributed by atoms with Crippen LogP contribution in [0.15, 0.2) is 0 Å². The second-order valence-corrected chi connectivity index (χ2v) is 6.92. The van der Waals surface area contributed by atoms with Crippen LogP contribution in [0.4, 0.5) is 0 Å². The molecule has 2 fully saturated rings. The minimum Gasteiger partial charge on any atom is -0.390 e. The maximum absolute atomic E-state index is 11.3. The van der Waals surface area contributed by atoms with Gasteiger partial charge in [-0.05, 0) is 12.8 Å². The van der Waals surface area contributed by atoms with E-state index in [4.69, 9.17) is 0 Å². The average Bonchev–Trinajstić information content (AvgIpc) is 3.01. The molecule has 98 valence electrons. The lowest BCUT2D eigenvalue weighted by Gasteiger charge is -2.14. The largest absolute Gasteiger partial charge is 0.390 e. The summed E-state index contributed by atoms with van der Waals surface area (Å²) < 4.78 is 22.4. The number of sulfone groups is 1. The molecule has 1 saturated heterocycles. The quantitative estimate of drug-likeness (QED) is 0.511. The van der Waals surface area contributed by atoms with Crippen molar-refractivity contribution in [3.8, 4) is 0 Å². The number of carbonyl (C=O) groups excluding carboxylic acids is 1. The molecule has 6 nitrogen and oxygen atoms in total. The number of amides is 1. The van der Waals surface area contributed by atoms with E-state index in [2.05, 4.69) is 10.6 Å². The molecule has 17 heavy (non-hydrogen) atoms. The van der Waals surface area contributed by atoms with Crippen molar-refractivity contribution in [1.82, 2.24) is 10.6 Å². The number of aliphatic hydroxyl groups excluding tert-OH is 1. The van der Waals surface area contributed by atoms with Gasteiger partial charge in [0.1, 0.15) is 0 Å². The number of carbonyl (C=O) groups is 1. The molecule has 2 unspecified atom stereocenters. The van der Waals surface area contributed by atoms with Gasteiger partial charge in [-0.2, -0.15) is 0 Å². The lowest BCUT2D eigenvalue weighted by atomic mass is 10.2. The van der Waals surface area contributed by atoms with E-state index in [1.165, 1.54) is 0 Å². The van der Waals surface area contributed by atoms with Gasteiger partial charge < -0.3 is 15.7 Å². The number of rotatable bonds is 5. The van der Waals surface area contributed by atoms with Crippen LogP contribution in [-0.2, 0) is 14.6 Å². The molecule has 1 aliphatic heterocycles. The highest BCUT2D eigenvalue weighted by Gasteiger charge is 2.36. The summed E-state index contributed by atoms with van der Waals surface area (Å²) in [5.74, 6) is 0.0722. The standard InChI is InChI=1S/C10H18N2O4S/c13-9-6-17(15,16)5-8(9)11-3-4-12-10(14)7-1-2-7/h7-9,11,13H,1-6H2,(H,12,14). The molecule has 7 heteroatoms. The second kappa shape index (κ2) is 4.91. The summed E-state index contributed by atoms with van der Waals surface area (Å²) in [5.41, 5.74) is 0. The van der Waals surface area contributed by atoms with Gasteiger partial charge in [-0.15, -0.1) is 0 Å². The molecule has 1 amide bonds. The van der Waals surface area contributed by atoms with Gasteiger partial charge in [0.15, 0.2) is 9.84 Å². The lowest BCUT2D eigenvalue weighted by Crippen LogP contribution is -2.43. The zero-order chi connectivity index (χ0) is 12.5. The summed E-state index contributed by atoms with van der Waals surface area (Å²) in [4.78, 5) is 11.3. The molecule has 0 aromatic heterocycles. The first-order chi connectivity index (χ1) is 7.98. The van der Waals surface area contributed by atoms with Crippen molar-refractivity contribution in [2.24, 2.45) is 5.92 Å². The van der Waals surface area contributed by atoms with Crippen LogP contribution in [0.2, 0.25) is 0 Å². The normalized spacial score (nSPS) is 31.4. The van der Waals surface area contributed by atoms with Crippen LogP contribution in [-0.4, -0.2) is 56.2 Å². The summed E-state index contributed by atoms with van der Waals surface area (Å²) in [6.07, 6.45) is 1.11. The third kappa shape index (κ3) is 3.65. The van der Waals surface area contributed by atoms with Gasteiger partial charge in [0.2, 0.25) is 5.91 Å². The Morgan fingerprint density at radius 3 is 2.47 bits per heavy atom. The molecular weight excluding hydrogens is 244 g/mol. The van der Waals surface area contributed by atoms with Crippen LogP contribution < -0.4 is 10.6 Å². The first-order valence-corrected chi connectivity index (χ1v) is 7.70. The van der Waals surface area contributed by atoms with Gasteiger partial charge in [0, 0.05) is 25.0 Å². The summed E-state index contributed by atoms with van der Waals surface area (Å²) in [6.45, 7) is 0.953. The van der Waals surface area contributed by atoms with E-state index >= 15 is 0 Å². The third-order valence-electron chi connectivity index (χ3n) is 3.10. The highest BCUT2D eigenvalue weighted by atomic mass is 32.2. The smallest absolute Gasteiger partial charge is 0.223 e. The first-order valence-electron chi connectivity index (χ1n) is 5.87. The third-order valence-corrected chi connectivity index (χ3v) is 4.82. The molecule has 0 radical (unpaired) electrons. The predicted molar refractivity (Wildman–Crippen MR) is 62.2 cm³/mol. The van der Waals surface area contributed by atoms with E-state index in [0.29, 0.717) is 13.1 Å². The lowest BCUT2D eigenvalue weighted by molar-refractivity contribution is -0.122. The van der Waals surface area contributed by atoms with Crippen molar-refractivity contribution in [3.63, 3.8) is 0 Å². The SMILES string of the molecule is O=C(NCCNC1CS(=O)(=O)CC1O)C1CC1. The van der Waals surface area contributed by atoms with Gasteiger partial charge in [-0.1, -0.05) is 0 Å². The topological polar surface area (TPSA) is 95.5 Å². The molecule has 2 aliphatic rings. The van der Waals surface area contributed by atoms with Crippen molar-refractivity contribution in [3.05, 3.63) is 0 Å². The van der Waals surface area contributed by atoms with Crippen molar-refractivity contribution in [1.29, 1.82) is 0 Å². The molecule has 2 rings (SSSR count). The fraction of sp³-hybridized carbons (Fsp3) is 0.900. The number of hydrogen-bond donors (Lipinski definition) is 3. The minimum absolute atomic E-state index is 0.0231. The monoisotopic (exact) mass is 262 g/mol. The number of aliphatic hydroxyl groups is 1. The van der Waals surface area contributed by atoms with Crippen molar-refractivity contribution >= 4 is 15.7 Å². The van der Waals surface area contributed by atoms with E-state index in [1.807, 2.05) is 0 Å². The number of hydrogen-bond acceptors (Lipinski definition) is 5. The Kier molecular flexibility index (Phi) is 3.70. The molecule has 1 saturated carbocycles. The van der Waals surface area contributed by atoms with Gasteiger partial charge in [0.25, 0.3) is 0 Å². The summed E-state index contributed by atoms with van der Waals surface area (Å²) in [5, 5.41) is 15.2. The van der Waals surface area contributed by atoms with E-state index in [0.717, 1.165) is 12.8 Å². The van der Waals surface area contributed by atoms with Gasteiger partial charge in [-0.3, -0.25) is 4.79 Å². The molecular formula is C10H18N2O4S. The van der Waals surface area contributed by atoms with Gasteiger partial charge in [-0.25, -0.2) is 8.42 Å². The first kappa shape index (κ1) is 12.8. The minimum atomic E-state index is -3.10. The van der Waals surface area contributed by atoms with Crippen molar-refractivity contribution < 1.29 is 18.3 Å². The molecule has 1 heterocycles. The van der Waals surface area contributed by atoms with Crippen LogP contribution in [0.1, 0.15) is 12.8 Å². The Labute approximate surface area is 101 Å². The van der Waals surface area contributed by atoms with Gasteiger partial charge >= 0.3 is 0 Å². The van der Waals surface area contributed by atoms with Crippen LogP contribution in [0.5, 0.6) is 0 Å². The predicted octanol–water partition coefficient (Wildman–Crippen LogP) is -1.74. The maximum atomic E-state index is 11.3. The summed E-state index contributed by atoms with van der Waals surface area (Å²) >= 11 is 0. The molecule has 2 atom stereocenters. The van der Waals surface area contributed by atoms with Crippen LogP contribution in [0.3, 0.4) is 0 Å². The molecule has 0 spiro atoms. The Morgan fingerprint density at radius 1 is 1.24 bits per heavy atom. The zero-order valence-electron chi connectivity index (χ0n) is 9.55. The second-order valence-electron chi connectivity index (χ2n) is 4.77.